The SMILES string of the molecule is Cc1ccc(OCC(=O)Nc2ccc(-c3nc4ccccc4s3)cc2)c(C)c1. The van der Waals surface area contributed by atoms with E-state index >= 15 is 0 Å². The van der Waals surface area contributed by atoms with Gasteiger partial charge < -0.3 is 10.1 Å². The van der Waals surface area contributed by atoms with Crippen molar-refractivity contribution in [2.45, 2.75) is 13.8 Å². The average molecular weight is 388 g/mol. The number of fused-ring (bicyclic) bond motifs is 1. The topological polar surface area (TPSA) is 51.2 Å². The molecular formula is C23H20N2O2S. The van der Waals surface area contributed by atoms with Gasteiger partial charge in [0, 0.05) is 11.3 Å². The van der Waals surface area contributed by atoms with E-state index in [1.807, 2.05) is 74.5 Å². The van der Waals surface area contributed by atoms with Gasteiger partial charge in [-0.25, -0.2) is 4.98 Å². The highest BCUT2D eigenvalue weighted by Gasteiger charge is 2.08. The van der Waals surface area contributed by atoms with Crippen LogP contribution in [0, 0.1) is 13.8 Å². The number of nitrogens with one attached hydrogen (secondary N) is 1. The van der Waals surface area contributed by atoms with Crippen molar-refractivity contribution in [3.63, 3.8) is 0 Å². The van der Waals surface area contributed by atoms with Crippen molar-refractivity contribution in [1.82, 2.24) is 4.98 Å². The first-order chi connectivity index (χ1) is 13.6. The Morgan fingerprint density at radius 3 is 2.57 bits per heavy atom. The fourth-order valence-electron chi connectivity index (χ4n) is 2.99. The molecule has 0 atom stereocenters. The Balaban J connectivity index is 1.39. The third-order valence-electron chi connectivity index (χ3n) is 4.40. The Hall–Kier alpha value is -3.18. The second-order valence-corrected chi connectivity index (χ2v) is 7.70. The fourth-order valence-corrected chi connectivity index (χ4v) is 3.96. The molecule has 1 amide bonds. The summed E-state index contributed by atoms with van der Waals surface area (Å²) in [6, 6.07) is 21.7. The van der Waals surface area contributed by atoms with Gasteiger partial charge in [0.15, 0.2) is 6.61 Å². The van der Waals surface area contributed by atoms with Crippen LogP contribution in [0.3, 0.4) is 0 Å². The maximum absolute atomic E-state index is 12.2. The van der Waals surface area contributed by atoms with Crippen molar-refractivity contribution < 1.29 is 9.53 Å². The standard InChI is InChI=1S/C23H20N2O2S/c1-15-7-12-20(16(2)13-15)27-14-22(26)24-18-10-8-17(9-11-18)23-25-19-5-3-4-6-21(19)28-23/h3-13H,14H2,1-2H3,(H,24,26). The summed E-state index contributed by atoms with van der Waals surface area (Å²) in [4.78, 5) is 16.9. The Morgan fingerprint density at radius 1 is 1.04 bits per heavy atom. The van der Waals surface area contributed by atoms with Gasteiger partial charge in [-0.3, -0.25) is 4.79 Å². The minimum absolute atomic E-state index is 0.0243. The first kappa shape index (κ1) is 18.2. The van der Waals surface area contributed by atoms with Crippen LogP contribution in [0.4, 0.5) is 5.69 Å². The van der Waals surface area contributed by atoms with Gasteiger partial charge in [0.1, 0.15) is 10.8 Å². The van der Waals surface area contributed by atoms with Crippen LogP contribution in [0.5, 0.6) is 5.75 Å². The lowest BCUT2D eigenvalue weighted by molar-refractivity contribution is -0.118. The summed E-state index contributed by atoms with van der Waals surface area (Å²) >= 11 is 1.66. The predicted octanol–water partition coefficient (Wildman–Crippen LogP) is 5.60. The van der Waals surface area contributed by atoms with Gasteiger partial charge in [0.2, 0.25) is 0 Å². The van der Waals surface area contributed by atoms with E-state index in [0.29, 0.717) is 0 Å². The number of amides is 1. The highest BCUT2D eigenvalue weighted by atomic mass is 32.1. The number of hydrogen-bond acceptors (Lipinski definition) is 4. The van der Waals surface area contributed by atoms with Gasteiger partial charge in [-0.15, -0.1) is 11.3 Å². The number of benzene rings is 3. The fraction of sp³-hybridized carbons (Fsp3) is 0.130. The smallest absolute Gasteiger partial charge is 0.262 e. The third kappa shape index (κ3) is 4.05. The number of nitrogens with zero attached hydrogens (tertiary/aromatic N) is 1. The molecule has 0 aliphatic rings. The first-order valence-electron chi connectivity index (χ1n) is 9.04. The van der Waals surface area contributed by atoms with E-state index in [1.54, 1.807) is 11.3 Å². The molecule has 0 aliphatic carbocycles. The lowest BCUT2D eigenvalue weighted by atomic mass is 10.1. The molecule has 1 aromatic heterocycles. The Bertz CT molecular complexity index is 1100. The van der Waals surface area contributed by atoms with Gasteiger partial charge in [0.05, 0.1) is 10.2 Å². The van der Waals surface area contributed by atoms with Gasteiger partial charge in [-0.05, 0) is 61.9 Å². The van der Waals surface area contributed by atoms with Gasteiger partial charge in [0.25, 0.3) is 5.91 Å². The second-order valence-electron chi connectivity index (χ2n) is 6.67. The first-order valence-corrected chi connectivity index (χ1v) is 9.86. The number of rotatable bonds is 5. The highest BCUT2D eigenvalue weighted by molar-refractivity contribution is 7.21. The average Bonchev–Trinajstić information content (AvgIpc) is 3.12. The Morgan fingerprint density at radius 2 is 1.82 bits per heavy atom. The Kier molecular flexibility index (Phi) is 5.08. The Labute approximate surface area is 167 Å². The molecular weight excluding hydrogens is 368 g/mol. The second kappa shape index (κ2) is 7.82. The maximum atomic E-state index is 12.2. The monoisotopic (exact) mass is 388 g/mol. The minimum atomic E-state index is -0.187. The quantitative estimate of drug-likeness (QED) is 0.484. The minimum Gasteiger partial charge on any atom is -0.483 e. The zero-order valence-electron chi connectivity index (χ0n) is 15.7. The molecule has 0 bridgehead atoms. The number of carbonyl (C=O) groups excluding carboxylic acids is 1. The molecule has 0 spiro atoms. The number of anilines is 1. The molecule has 0 saturated carbocycles. The molecule has 28 heavy (non-hydrogen) atoms. The molecule has 4 nitrogen and oxygen atoms in total. The number of hydrogen-bond donors (Lipinski definition) is 1. The lowest BCUT2D eigenvalue weighted by Crippen LogP contribution is -2.20. The maximum Gasteiger partial charge on any atom is 0.262 e. The number of thiazole rings is 1. The molecule has 5 heteroatoms. The number of aryl methyl sites for hydroxylation is 2. The molecule has 0 saturated heterocycles. The van der Waals surface area contributed by atoms with Gasteiger partial charge in [-0.1, -0.05) is 29.8 Å². The largest absolute Gasteiger partial charge is 0.483 e. The lowest BCUT2D eigenvalue weighted by Gasteiger charge is -2.10. The molecule has 1 N–H and O–H groups in total. The van der Waals surface area contributed by atoms with Gasteiger partial charge in [-0.2, -0.15) is 0 Å². The van der Waals surface area contributed by atoms with Crippen molar-refractivity contribution in [2.24, 2.45) is 0 Å². The molecule has 3 aromatic carbocycles. The van der Waals surface area contributed by atoms with Crippen molar-refractivity contribution in [1.29, 1.82) is 0 Å². The summed E-state index contributed by atoms with van der Waals surface area (Å²) in [7, 11) is 0. The van der Waals surface area contributed by atoms with Crippen molar-refractivity contribution in [2.75, 3.05) is 11.9 Å². The molecule has 0 fully saturated rings. The molecule has 1 heterocycles. The predicted molar refractivity (Wildman–Crippen MR) is 115 cm³/mol. The molecule has 4 rings (SSSR count). The third-order valence-corrected chi connectivity index (χ3v) is 5.48. The highest BCUT2D eigenvalue weighted by Crippen LogP contribution is 2.30. The summed E-state index contributed by atoms with van der Waals surface area (Å²) in [5.41, 5.74) is 4.96. The summed E-state index contributed by atoms with van der Waals surface area (Å²) in [5, 5.41) is 3.84. The molecule has 0 aliphatic heterocycles. The molecule has 4 aromatic rings. The molecule has 0 unspecified atom stereocenters. The number of ether oxygens (including phenoxy) is 1. The van der Waals surface area contributed by atoms with E-state index in [9.17, 15) is 4.79 Å². The van der Waals surface area contributed by atoms with E-state index < -0.39 is 0 Å². The van der Waals surface area contributed by atoms with E-state index in [1.165, 1.54) is 10.3 Å². The normalized spacial score (nSPS) is 10.8. The van der Waals surface area contributed by atoms with E-state index in [2.05, 4.69) is 16.4 Å². The van der Waals surface area contributed by atoms with Crippen molar-refractivity contribution >= 4 is 33.1 Å². The molecule has 0 radical (unpaired) electrons. The number of para-hydroxylation sites is 1. The summed E-state index contributed by atoms with van der Waals surface area (Å²) in [6.07, 6.45) is 0. The van der Waals surface area contributed by atoms with Gasteiger partial charge >= 0.3 is 0 Å². The summed E-state index contributed by atoms with van der Waals surface area (Å²) in [6.45, 7) is 3.98. The van der Waals surface area contributed by atoms with Crippen LogP contribution < -0.4 is 10.1 Å². The van der Waals surface area contributed by atoms with E-state index in [0.717, 1.165) is 33.1 Å². The van der Waals surface area contributed by atoms with Crippen LogP contribution in [-0.4, -0.2) is 17.5 Å². The number of carbonyl (C=O) groups is 1. The summed E-state index contributed by atoms with van der Waals surface area (Å²) in [5.74, 6) is 0.541. The summed E-state index contributed by atoms with van der Waals surface area (Å²) < 4.78 is 6.80. The van der Waals surface area contributed by atoms with Crippen LogP contribution in [0.2, 0.25) is 0 Å². The number of aromatic nitrogens is 1. The van der Waals surface area contributed by atoms with E-state index in [-0.39, 0.29) is 12.5 Å². The van der Waals surface area contributed by atoms with Crippen molar-refractivity contribution in [3.8, 4) is 16.3 Å². The zero-order chi connectivity index (χ0) is 19.5. The van der Waals surface area contributed by atoms with Crippen LogP contribution in [0.15, 0.2) is 66.7 Å². The van der Waals surface area contributed by atoms with Crippen LogP contribution in [-0.2, 0) is 4.79 Å². The van der Waals surface area contributed by atoms with E-state index in [4.69, 9.17) is 4.74 Å². The van der Waals surface area contributed by atoms with Crippen LogP contribution >= 0.6 is 11.3 Å². The van der Waals surface area contributed by atoms with Crippen molar-refractivity contribution in [3.05, 3.63) is 77.9 Å². The molecule has 140 valence electrons. The van der Waals surface area contributed by atoms with Crippen LogP contribution in [0.25, 0.3) is 20.8 Å². The zero-order valence-corrected chi connectivity index (χ0v) is 16.5. The van der Waals surface area contributed by atoms with Crippen LogP contribution in [0.1, 0.15) is 11.1 Å².